The van der Waals surface area contributed by atoms with Gasteiger partial charge in [-0.2, -0.15) is 0 Å². The van der Waals surface area contributed by atoms with Crippen LogP contribution in [0.2, 0.25) is 0 Å². The molecule has 1 amide bonds. The van der Waals surface area contributed by atoms with E-state index in [2.05, 4.69) is 23.2 Å². The van der Waals surface area contributed by atoms with Crippen molar-refractivity contribution in [3.8, 4) is 0 Å². The standard InChI is InChI=1S/C19H31N3O3S/c1-15-7-5-6-11-22(15)14-17-9-4-3-8-16(17)13-21-19(23)18(20)10-12-26(2,24)25/h3-4,8-9,15,18H,5-7,10-14,20H2,1-2H3,(H,21,23). The number of rotatable bonds is 8. The second-order valence-electron chi connectivity index (χ2n) is 7.33. The Hall–Kier alpha value is -1.44. The molecule has 26 heavy (non-hydrogen) atoms. The van der Waals surface area contributed by atoms with E-state index >= 15 is 0 Å². The highest BCUT2D eigenvalue weighted by atomic mass is 32.2. The highest BCUT2D eigenvalue weighted by Crippen LogP contribution is 2.20. The summed E-state index contributed by atoms with van der Waals surface area (Å²) in [5, 5.41) is 2.85. The van der Waals surface area contributed by atoms with E-state index < -0.39 is 15.9 Å². The Labute approximate surface area is 157 Å². The van der Waals surface area contributed by atoms with E-state index in [1.807, 2.05) is 18.2 Å². The number of benzene rings is 1. The smallest absolute Gasteiger partial charge is 0.237 e. The SMILES string of the molecule is CC1CCCCN1Cc1ccccc1CNC(=O)C(N)CCS(C)(=O)=O. The highest BCUT2D eigenvalue weighted by molar-refractivity contribution is 7.90. The number of piperidine rings is 1. The van der Waals surface area contributed by atoms with E-state index in [0.717, 1.165) is 24.9 Å². The maximum atomic E-state index is 12.1. The van der Waals surface area contributed by atoms with Crippen molar-refractivity contribution in [3.05, 3.63) is 35.4 Å². The van der Waals surface area contributed by atoms with Gasteiger partial charge in [-0.05, 0) is 43.9 Å². The molecular formula is C19H31N3O3S. The van der Waals surface area contributed by atoms with Crippen LogP contribution >= 0.6 is 0 Å². The molecule has 0 radical (unpaired) electrons. The van der Waals surface area contributed by atoms with Crippen LogP contribution in [0, 0.1) is 0 Å². The first-order valence-corrected chi connectivity index (χ1v) is 11.3. The molecule has 6 nitrogen and oxygen atoms in total. The minimum Gasteiger partial charge on any atom is -0.351 e. The first-order chi connectivity index (χ1) is 12.3. The van der Waals surface area contributed by atoms with Crippen molar-refractivity contribution in [1.82, 2.24) is 10.2 Å². The van der Waals surface area contributed by atoms with Gasteiger partial charge in [0.25, 0.3) is 0 Å². The molecule has 146 valence electrons. The van der Waals surface area contributed by atoms with Gasteiger partial charge in [-0.1, -0.05) is 30.7 Å². The molecule has 1 fully saturated rings. The lowest BCUT2D eigenvalue weighted by Gasteiger charge is -2.33. The number of carbonyl (C=O) groups is 1. The van der Waals surface area contributed by atoms with Gasteiger partial charge in [0, 0.05) is 25.4 Å². The van der Waals surface area contributed by atoms with Crippen molar-refractivity contribution in [2.45, 2.75) is 57.8 Å². The summed E-state index contributed by atoms with van der Waals surface area (Å²) >= 11 is 0. The molecule has 1 saturated heterocycles. The number of hydrogen-bond donors (Lipinski definition) is 2. The second-order valence-corrected chi connectivity index (χ2v) is 9.59. The lowest BCUT2D eigenvalue weighted by Crippen LogP contribution is -2.41. The predicted molar refractivity (Wildman–Crippen MR) is 104 cm³/mol. The number of amides is 1. The average molecular weight is 382 g/mol. The molecule has 1 aromatic rings. The Bertz CT molecular complexity index is 706. The summed E-state index contributed by atoms with van der Waals surface area (Å²) in [7, 11) is -3.11. The Balaban J connectivity index is 1.92. The molecule has 7 heteroatoms. The van der Waals surface area contributed by atoms with Crippen LogP contribution in [0.15, 0.2) is 24.3 Å². The summed E-state index contributed by atoms with van der Waals surface area (Å²) in [5.74, 6) is -0.389. The van der Waals surface area contributed by atoms with Crippen LogP contribution in [-0.4, -0.2) is 49.9 Å². The zero-order valence-electron chi connectivity index (χ0n) is 15.8. The normalized spacial score (nSPS) is 19.9. The van der Waals surface area contributed by atoms with Gasteiger partial charge in [0.15, 0.2) is 0 Å². The monoisotopic (exact) mass is 381 g/mol. The number of sulfone groups is 1. The molecule has 0 aromatic heterocycles. The quantitative estimate of drug-likeness (QED) is 0.711. The number of hydrogen-bond acceptors (Lipinski definition) is 5. The second kappa shape index (κ2) is 9.48. The molecule has 1 heterocycles. The van der Waals surface area contributed by atoms with Crippen molar-refractivity contribution >= 4 is 15.7 Å². The third kappa shape index (κ3) is 6.70. The fourth-order valence-electron chi connectivity index (χ4n) is 3.28. The van der Waals surface area contributed by atoms with E-state index in [4.69, 9.17) is 5.73 Å². The largest absolute Gasteiger partial charge is 0.351 e. The molecule has 1 aliphatic heterocycles. The third-order valence-corrected chi connectivity index (χ3v) is 6.00. The molecule has 2 unspecified atom stereocenters. The minimum atomic E-state index is -3.11. The van der Waals surface area contributed by atoms with Crippen molar-refractivity contribution < 1.29 is 13.2 Å². The van der Waals surface area contributed by atoms with Gasteiger partial charge in [-0.15, -0.1) is 0 Å². The zero-order valence-corrected chi connectivity index (χ0v) is 16.6. The third-order valence-electron chi connectivity index (χ3n) is 5.02. The number of nitrogens with one attached hydrogen (secondary N) is 1. The van der Waals surface area contributed by atoms with Crippen molar-refractivity contribution in [2.24, 2.45) is 5.73 Å². The number of nitrogens with two attached hydrogens (primary N) is 1. The summed E-state index contributed by atoms with van der Waals surface area (Å²) in [5.41, 5.74) is 8.10. The van der Waals surface area contributed by atoms with Gasteiger partial charge in [0.05, 0.1) is 11.8 Å². The van der Waals surface area contributed by atoms with Crippen LogP contribution in [0.4, 0.5) is 0 Å². The predicted octanol–water partition coefficient (Wildman–Crippen LogP) is 1.44. The summed E-state index contributed by atoms with van der Waals surface area (Å²) in [4.78, 5) is 14.6. The Morgan fingerprint density at radius 3 is 2.65 bits per heavy atom. The summed E-state index contributed by atoms with van der Waals surface area (Å²) in [6.45, 7) is 4.67. The Kier molecular flexibility index (Phi) is 7.61. The van der Waals surface area contributed by atoms with E-state index in [0.29, 0.717) is 12.6 Å². The van der Waals surface area contributed by atoms with Crippen molar-refractivity contribution in [1.29, 1.82) is 0 Å². The number of nitrogens with zero attached hydrogens (tertiary/aromatic N) is 1. The van der Waals surface area contributed by atoms with Crippen LogP contribution < -0.4 is 11.1 Å². The highest BCUT2D eigenvalue weighted by Gasteiger charge is 2.20. The van der Waals surface area contributed by atoms with Crippen LogP contribution in [0.1, 0.15) is 43.7 Å². The molecule has 2 rings (SSSR count). The van der Waals surface area contributed by atoms with Crippen LogP contribution in [-0.2, 0) is 27.7 Å². The van der Waals surface area contributed by atoms with Gasteiger partial charge in [0.1, 0.15) is 9.84 Å². The van der Waals surface area contributed by atoms with Gasteiger partial charge >= 0.3 is 0 Å². The summed E-state index contributed by atoms with van der Waals surface area (Å²) in [6, 6.07) is 7.88. The molecule has 0 spiro atoms. The summed E-state index contributed by atoms with van der Waals surface area (Å²) < 4.78 is 22.4. The van der Waals surface area contributed by atoms with E-state index in [9.17, 15) is 13.2 Å². The molecule has 1 aliphatic rings. The number of carbonyl (C=O) groups excluding carboxylic acids is 1. The molecule has 0 bridgehead atoms. The average Bonchev–Trinajstić information content (AvgIpc) is 2.60. The van der Waals surface area contributed by atoms with Crippen molar-refractivity contribution in [3.63, 3.8) is 0 Å². The molecule has 1 aromatic carbocycles. The zero-order chi connectivity index (χ0) is 19.2. The van der Waals surface area contributed by atoms with E-state index in [1.165, 1.54) is 24.8 Å². The first kappa shape index (κ1) is 20.9. The minimum absolute atomic E-state index is 0.0784. The van der Waals surface area contributed by atoms with Gasteiger partial charge in [-0.25, -0.2) is 8.42 Å². The van der Waals surface area contributed by atoms with E-state index in [1.54, 1.807) is 0 Å². The number of likely N-dealkylation sites (tertiary alicyclic amines) is 1. The van der Waals surface area contributed by atoms with Gasteiger partial charge < -0.3 is 11.1 Å². The first-order valence-electron chi connectivity index (χ1n) is 9.28. The fourth-order valence-corrected chi connectivity index (χ4v) is 3.96. The molecular weight excluding hydrogens is 350 g/mol. The van der Waals surface area contributed by atoms with Crippen LogP contribution in [0.5, 0.6) is 0 Å². The van der Waals surface area contributed by atoms with Gasteiger partial charge in [0.2, 0.25) is 5.91 Å². The van der Waals surface area contributed by atoms with E-state index in [-0.39, 0.29) is 18.1 Å². The van der Waals surface area contributed by atoms with Crippen LogP contribution in [0.3, 0.4) is 0 Å². The maximum Gasteiger partial charge on any atom is 0.237 e. The lowest BCUT2D eigenvalue weighted by molar-refractivity contribution is -0.122. The molecule has 0 aliphatic carbocycles. The van der Waals surface area contributed by atoms with Gasteiger partial charge in [-0.3, -0.25) is 9.69 Å². The van der Waals surface area contributed by atoms with Crippen molar-refractivity contribution in [2.75, 3.05) is 18.6 Å². The topological polar surface area (TPSA) is 92.5 Å². The molecule has 3 N–H and O–H groups in total. The lowest BCUT2D eigenvalue weighted by atomic mass is 10.0. The summed E-state index contributed by atoms with van der Waals surface area (Å²) in [6.07, 6.45) is 5.04. The Morgan fingerprint density at radius 1 is 1.31 bits per heavy atom. The molecule has 0 saturated carbocycles. The molecule has 2 atom stereocenters. The fraction of sp³-hybridized carbons (Fsp3) is 0.632. The van der Waals surface area contributed by atoms with Crippen LogP contribution in [0.25, 0.3) is 0 Å². The maximum absolute atomic E-state index is 12.1. The Morgan fingerprint density at radius 2 is 2.00 bits per heavy atom.